The summed E-state index contributed by atoms with van der Waals surface area (Å²) in [6, 6.07) is 18.1. The second-order valence-corrected chi connectivity index (χ2v) is 21.8. The van der Waals surface area contributed by atoms with Crippen molar-refractivity contribution in [3.8, 4) is 5.75 Å². The highest BCUT2D eigenvalue weighted by Gasteiger charge is 2.44. The van der Waals surface area contributed by atoms with E-state index in [2.05, 4.69) is 35.5 Å². The zero-order valence-electron chi connectivity index (χ0n) is 36.3. The van der Waals surface area contributed by atoms with Gasteiger partial charge in [-0.2, -0.15) is 21.4 Å². The van der Waals surface area contributed by atoms with Crippen molar-refractivity contribution >= 4 is 53.2 Å². The fourth-order valence-electron chi connectivity index (χ4n) is 8.82. The lowest BCUT2D eigenvalue weighted by atomic mass is 9.81. The minimum absolute atomic E-state index is 0.130. The van der Waals surface area contributed by atoms with Crippen molar-refractivity contribution in [2.24, 2.45) is 0 Å². The van der Waals surface area contributed by atoms with E-state index in [1.54, 1.807) is 13.0 Å². The summed E-state index contributed by atoms with van der Waals surface area (Å²) >= 11 is 0. The van der Waals surface area contributed by atoms with Crippen molar-refractivity contribution in [2.45, 2.75) is 113 Å². The number of hydrogen-bond acceptors (Lipinski definition) is 10. The number of para-hydroxylation sites is 1. The van der Waals surface area contributed by atoms with Crippen LogP contribution in [0.25, 0.3) is 0 Å². The first-order chi connectivity index (χ1) is 29.5. The number of hydrogen-bond donors (Lipinski definition) is 2. The second kappa shape index (κ2) is 18.8. The number of rotatable bonds is 18. The van der Waals surface area contributed by atoms with Crippen molar-refractivity contribution in [2.75, 3.05) is 23.7 Å². The number of benzene rings is 3. The number of carbonyl (C=O) groups is 1. The molecule has 3 aliphatic rings. The SMILES string of the molecule is CC(=O)CCCCCN1/C(=C/C=C2\CCCC(/C=C/C3=[N+](CCCCS(=O)(=O)O)c4ccccc4C3(C)C)=C2Oc2ccc(S(=O)(=O)O)cc2)C(C)(C)c2cc(S(=O)(=O)[O-])ccc21. The quantitative estimate of drug-likeness (QED) is 0.0700. The number of anilines is 1. The molecule has 0 saturated heterocycles. The third kappa shape index (κ3) is 11.2. The molecule has 1 aliphatic carbocycles. The second-order valence-electron chi connectivity index (χ2n) is 17.4. The molecule has 0 spiro atoms. The molecule has 2 aliphatic heterocycles. The molecular weight excluding hydrogens is 865 g/mol. The Morgan fingerprint density at radius 1 is 0.810 bits per heavy atom. The zero-order chi connectivity index (χ0) is 46.0. The molecule has 0 atom stereocenters. The molecule has 338 valence electrons. The van der Waals surface area contributed by atoms with E-state index in [1.807, 2.05) is 50.3 Å². The maximum absolute atomic E-state index is 12.1. The maximum Gasteiger partial charge on any atom is 0.294 e. The van der Waals surface area contributed by atoms with Crippen LogP contribution in [0.5, 0.6) is 5.75 Å². The molecule has 13 nitrogen and oxygen atoms in total. The highest BCUT2D eigenvalue weighted by atomic mass is 32.2. The zero-order valence-corrected chi connectivity index (χ0v) is 38.8. The standard InChI is InChI=1S/C47H56N2O11S3/c1-33(50)14-7-6-10-29-49-42-26-25-38(63(57,58)59)32-40(42)47(4,5)44(49)28-20-35-16-13-15-34(45(35)60-36-21-23-37(24-22-36)62(54,55)56)19-27-43-46(2,3)39-17-8-9-18-41(39)48(43)30-11-12-31-61(51,52)53/h8-9,17-28,32H,6-7,10-16,29-31H2,1-5H3,(H2-,51,52,53,54,55,56,57,58,59). The number of unbranched alkanes of at least 4 members (excludes halogenated alkanes) is 3. The third-order valence-electron chi connectivity index (χ3n) is 12.1. The van der Waals surface area contributed by atoms with Gasteiger partial charge in [-0.1, -0.05) is 44.5 Å². The van der Waals surface area contributed by atoms with E-state index >= 15 is 0 Å². The van der Waals surface area contributed by atoms with Gasteiger partial charge in [0.25, 0.3) is 20.2 Å². The molecule has 0 amide bonds. The summed E-state index contributed by atoms with van der Waals surface area (Å²) in [5.74, 6) is 0.709. The highest BCUT2D eigenvalue weighted by molar-refractivity contribution is 7.86. The summed E-state index contributed by atoms with van der Waals surface area (Å²) in [6.07, 6.45) is 13.8. The number of allylic oxidation sites excluding steroid dienone is 7. The molecule has 0 fully saturated rings. The van der Waals surface area contributed by atoms with Crippen molar-refractivity contribution in [1.29, 1.82) is 0 Å². The molecule has 2 N–H and O–H groups in total. The Morgan fingerprint density at radius 2 is 1.51 bits per heavy atom. The van der Waals surface area contributed by atoms with Crippen molar-refractivity contribution < 1.29 is 53.0 Å². The minimum Gasteiger partial charge on any atom is -0.744 e. The van der Waals surface area contributed by atoms with Crippen LogP contribution in [0, 0.1) is 0 Å². The Balaban J connectivity index is 1.45. The van der Waals surface area contributed by atoms with Gasteiger partial charge < -0.3 is 19.0 Å². The van der Waals surface area contributed by atoms with Gasteiger partial charge >= 0.3 is 0 Å². The van der Waals surface area contributed by atoms with Crippen LogP contribution in [0.1, 0.15) is 104 Å². The minimum atomic E-state index is -4.72. The molecule has 0 radical (unpaired) electrons. The molecule has 0 bridgehead atoms. The largest absolute Gasteiger partial charge is 0.744 e. The molecule has 3 aromatic rings. The van der Waals surface area contributed by atoms with Crippen LogP contribution < -0.4 is 9.64 Å². The fourth-order valence-corrected chi connectivity index (χ4v) is 10.4. The Kier molecular flexibility index (Phi) is 14.2. The molecule has 0 saturated carbocycles. The van der Waals surface area contributed by atoms with E-state index in [1.165, 1.54) is 36.4 Å². The first kappa shape index (κ1) is 47.8. The predicted molar refractivity (Wildman–Crippen MR) is 242 cm³/mol. The lowest BCUT2D eigenvalue weighted by Gasteiger charge is -2.27. The highest BCUT2D eigenvalue weighted by Crippen LogP contribution is 2.49. The fraction of sp³-hybridized carbons (Fsp3) is 0.404. The molecule has 16 heteroatoms. The van der Waals surface area contributed by atoms with Gasteiger partial charge in [0.2, 0.25) is 5.69 Å². The third-order valence-corrected chi connectivity index (χ3v) is 14.6. The molecule has 3 aromatic carbocycles. The summed E-state index contributed by atoms with van der Waals surface area (Å²) in [7, 11) is -13.3. The van der Waals surface area contributed by atoms with E-state index in [0.29, 0.717) is 55.8 Å². The molecule has 6 rings (SSSR count). The van der Waals surface area contributed by atoms with Gasteiger partial charge in [0.15, 0.2) is 5.71 Å². The van der Waals surface area contributed by atoms with Gasteiger partial charge in [-0.3, -0.25) is 9.11 Å². The monoisotopic (exact) mass is 920 g/mol. The Labute approximate surface area is 371 Å². The Hall–Kier alpha value is -4.71. The topological polar surface area (TPSA) is 198 Å². The van der Waals surface area contributed by atoms with E-state index in [-0.39, 0.29) is 27.7 Å². The van der Waals surface area contributed by atoms with Crippen LogP contribution in [0.4, 0.5) is 11.4 Å². The van der Waals surface area contributed by atoms with Gasteiger partial charge in [-0.25, -0.2) is 8.42 Å². The lowest BCUT2D eigenvalue weighted by molar-refractivity contribution is -0.438. The van der Waals surface area contributed by atoms with Crippen molar-refractivity contribution in [3.63, 3.8) is 0 Å². The number of ketones is 1. The van der Waals surface area contributed by atoms with Gasteiger partial charge in [-0.15, -0.1) is 0 Å². The van der Waals surface area contributed by atoms with Crippen molar-refractivity contribution in [1.82, 2.24) is 0 Å². The Morgan fingerprint density at radius 3 is 2.17 bits per heavy atom. The van der Waals surface area contributed by atoms with Gasteiger partial charge in [0.1, 0.15) is 34.0 Å². The number of nitrogens with zero attached hydrogens (tertiary/aromatic N) is 2. The molecular formula is C47H56N2O11S3. The lowest BCUT2D eigenvalue weighted by Crippen LogP contribution is -2.28. The summed E-state index contributed by atoms with van der Waals surface area (Å²) < 4.78 is 111. The van der Waals surface area contributed by atoms with Crippen LogP contribution in [-0.2, 0) is 46.0 Å². The first-order valence-corrected chi connectivity index (χ1v) is 25.6. The number of fused-ring (bicyclic) bond motifs is 2. The van der Waals surface area contributed by atoms with E-state index in [4.69, 9.17) is 4.74 Å². The summed E-state index contributed by atoms with van der Waals surface area (Å²) in [5, 5.41) is 0. The molecule has 2 heterocycles. The average Bonchev–Trinajstić information content (AvgIpc) is 3.55. The van der Waals surface area contributed by atoms with E-state index in [0.717, 1.165) is 65.2 Å². The molecule has 63 heavy (non-hydrogen) atoms. The normalized spacial score (nSPS) is 18.8. The van der Waals surface area contributed by atoms with Crippen LogP contribution in [0.15, 0.2) is 123 Å². The van der Waals surface area contributed by atoms with Crippen LogP contribution in [0.2, 0.25) is 0 Å². The number of ether oxygens (including phenoxy) is 1. The van der Waals surface area contributed by atoms with Gasteiger partial charge in [0.05, 0.1) is 21.0 Å². The summed E-state index contributed by atoms with van der Waals surface area (Å²) in [6.45, 7) is 10.9. The average molecular weight is 921 g/mol. The smallest absolute Gasteiger partial charge is 0.294 e. The van der Waals surface area contributed by atoms with E-state index in [9.17, 15) is 43.7 Å². The Bertz CT molecular complexity index is 2760. The first-order valence-electron chi connectivity index (χ1n) is 21.1. The predicted octanol–water partition coefficient (Wildman–Crippen LogP) is 8.71. The number of carbonyl (C=O) groups excluding carboxylic acids is 1. The maximum atomic E-state index is 12.1. The van der Waals surface area contributed by atoms with Gasteiger partial charge in [-0.05, 0) is 131 Å². The van der Waals surface area contributed by atoms with Crippen LogP contribution in [-0.4, -0.2) is 73.8 Å². The van der Waals surface area contributed by atoms with Gasteiger partial charge in [0, 0.05) is 53.9 Å². The van der Waals surface area contributed by atoms with E-state index < -0.39 is 41.2 Å². The van der Waals surface area contributed by atoms with Crippen molar-refractivity contribution in [3.05, 3.63) is 125 Å². The summed E-state index contributed by atoms with van der Waals surface area (Å²) in [4.78, 5) is 13.2. The molecule has 0 aromatic heterocycles. The summed E-state index contributed by atoms with van der Waals surface area (Å²) in [5.41, 5.74) is 6.06. The number of Topliss-reactive ketones (excluding diaryl/α,β-unsaturated/α-hetero) is 1. The van der Waals surface area contributed by atoms with Crippen LogP contribution in [0.3, 0.4) is 0 Å². The molecule has 0 unspecified atom stereocenters. The van der Waals surface area contributed by atoms with Crippen LogP contribution >= 0.6 is 0 Å².